The van der Waals surface area contributed by atoms with Gasteiger partial charge in [-0.3, -0.25) is 19.2 Å². The number of aliphatic hydroxyl groups excluding tert-OH is 1. The van der Waals surface area contributed by atoms with E-state index in [0.717, 1.165) is 11.1 Å². The van der Waals surface area contributed by atoms with Crippen molar-refractivity contribution >= 4 is 40.7 Å². The Hall–Kier alpha value is -6.54. The second-order valence-electron chi connectivity index (χ2n) is 16.3. The molecule has 1 fully saturated rings. The number of anilines is 3. The number of hydrogen-bond donors (Lipinski definition) is 4. The lowest BCUT2D eigenvalue weighted by Gasteiger charge is -2.34. The summed E-state index contributed by atoms with van der Waals surface area (Å²) in [4.78, 5) is 59.0. The number of rotatable bonds is 15. The summed E-state index contributed by atoms with van der Waals surface area (Å²) in [5, 5.41) is 27.6. The molecule has 0 unspecified atom stereocenters. The van der Waals surface area contributed by atoms with Crippen molar-refractivity contribution in [3.8, 4) is 11.5 Å². The van der Waals surface area contributed by atoms with Gasteiger partial charge >= 0.3 is 0 Å². The van der Waals surface area contributed by atoms with E-state index in [-0.39, 0.29) is 56.3 Å². The molecule has 0 saturated carbocycles. The number of ether oxygens (including phenoxy) is 3. The SMILES string of the molecule is COc1ccc(C(=O)Nc2ccc(CN3C(=O)[C@]4(O[C@H](CC(=O)N(CCO)Cc5ccccc5)[C@@H](C(C)(C)O)[C@@H]4C)c4cc(NC(=O)c5ccc(OC)cc5)ccc43)cc2)cc1. The van der Waals surface area contributed by atoms with Crippen LogP contribution in [0.2, 0.25) is 0 Å². The van der Waals surface area contributed by atoms with Crippen LogP contribution in [0.3, 0.4) is 0 Å². The largest absolute Gasteiger partial charge is 0.497 e. The number of nitrogens with one attached hydrogen (secondary N) is 2. The molecule has 0 aliphatic carbocycles. The van der Waals surface area contributed by atoms with Gasteiger partial charge in [0.05, 0.1) is 51.2 Å². The number of aliphatic hydroxyl groups is 2. The zero-order valence-electron chi connectivity index (χ0n) is 35.5. The fourth-order valence-electron chi connectivity index (χ4n) is 8.80. The molecule has 2 aliphatic heterocycles. The number of carbonyl (C=O) groups is 4. The first kappa shape index (κ1) is 43.5. The predicted octanol–water partition coefficient (Wildman–Crippen LogP) is 6.78. The van der Waals surface area contributed by atoms with Crippen LogP contribution in [0.5, 0.6) is 11.5 Å². The maximum Gasteiger partial charge on any atom is 0.264 e. The fraction of sp³-hybridized carbons (Fsp3) is 0.306. The molecule has 0 radical (unpaired) electrons. The Morgan fingerprint density at radius 1 is 0.790 bits per heavy atom. The summed E-state index contributed by atoms with van der Waals surface area (Å²) in [6, 6.07) is 35.3. The number of amides is 4. The highest BCUT2D eigenvalue weighted by Crippen LogP contribution is 2.58. The molecule has 1 spiro atoms. The fourth-order valence-corrected chi connectivity index (χ4v) is 8.80. The van der Waals surface area contributed by atoms with E-state index in [2.05, 4.69) is 10.6 Å². The quantitative estimate of drug-likeness (QED) is 0.0889. The van der Waals surface area contributed by atoms with Crippen molar-refractivity contribution < 1.29 is 43.6 Å². The van der Waals surface area contributed by atoms with Crippen molar-refractivity contribution in [3.63, 3.8) is 0 Å². The topological polar surface area (TPSA) is 167 Å². The van der Waals surface area contributed by atoms with Crippen molar-refractivity contribution in [1.82, 2.24) is 4.90 Å². The van der Waals surface area contributed by atoms with Gasteiger partial charge in [-0.2, -0.15) is 0 Å². The van der Waals surface area contributed by atoms with E-state index >= 15 is 4.79 Å². The monoisotopic (exact) mass is 840 g/mol. The van der Waals surface area contributed by atoms with Crippen molar-refractivity contribution in [3.05, 3.63) is 149 Å². The van der Waals surface area contributed by atoms with Crippen molar-refractivity contribution in [2.75, 3.05) is 42.9 Å². The van der Waals surface area contributed by atoms with Crippen molar-refractivity contribution in [2.45, 2.75) is 57.6 Å². The van der Waals surface area contributed by atoms with Gasteiger partial charge in [-0.05, 0) is 104 Å². The molecule has 2 heterocycles. The molecule has 4 atom stereocenters. The third-order valence-electron chi connectivity index (χ3n) is 11.8. The first-order valence-corrected chi connectivity index (χ1v) is 20.5. The average Bonchev–Trinajstić information content (AvgIpc) is 3.69. The van der Waals surface area contributed by atoms with Gasteiger partial charge in [-0.15, -0.1) is 0 Å². The highest BCUT2D eigenvalue weighted by Gasteiger charge is 2.66. The van der Waals surface area contributed by atoms with Crippen LogP contribution in [0.1, 0.15) is 64.6 Å². The maximum atomic E-state index is 15.2. The molecule has 322 valence electrons. The molecule has 13 nitrogen and oxygen atoms in total. The maximum absolute atomic E-state index is 15.2. The van der Waals surface area contributed by atoms with Gasteiger partial charge in [0.25, 0.3) is 17.7 Å². The lowest BCUT2D eigenvalue weighted by Crippen LogP contribution is -2.46. The van der Waals surface area contributed by atoms with Gasteiger partial charge in [-0.25, -0.2) is 0 Å². The van der Waals surface area contributed by atoms with Gasteiger partial charge in [0, 0.05) is 53.0 Å². The highest BCUT2D eigenvalue weighted by molar-refractivity contribution is 6.09. The third kappa shape index (κ3) is 8.92. The molecule has 2 aliphatic rings. The summed E-state index contributed by atoms with van der Waals surface area (Å²) >= 11 is 0. The van der Waals surface area contributed by atoms with E-state index in [1.54, 1.807) is 117 Å². The van der Waals surface area contributed by atoms with Crippen LogP contribution in [0.25, 0.3) is 0 Å². The summed E-state index contributed by atoms with van der Waals surface area (Å²) in [5.74, 6) is -1.44. The zero-order valence-corrected chi connectivity index (χ0v) is 35.5. The van der Waals surface area contributed by atoms with E-state index in [9.17, 15) is 24.6 Å². The number of fused-ring (bicyclic) bond motifs is 2. The smallest absolute Gasteiger partial charge is 0.264 e. The summed E-state index contributed by atoms with van der Waals surface area (Å²) in [6.07, 6.45) is -1.06. The number of benzene rings is 5. The molecular weight excluding hydrogens is 789 g/mol. The van der Waals surface area contributed by atoms with Crippen LogP contribution in [-0.2, 0) is 33.0 Å². The molecule has 1 saturated heterocycles. The molecule has 13 heteroatoms. The van der Waals surface area contributed by atoms with E-state index < -0.39 is 29.1 Å². The highest BCUT2D eigenvalue weighted by atomic mass is 16.5. The molecule has 5 aromatic carbocycles. The van der Waals surface area contributed by atoms with E-state index in [4.69, 9.17) is 14.2 Å². The predicted molar refractivity (Wildman–Crippen MR) is 235 cm³/mol. The van der Waals surface area contributed by atoms with Crippen molar-refractivity contribution in [2.24, 2.45) is 11.8 Å². The van der Waals surface area contributed by atoms with Crippen LogP contribution in [-0.4, -0.2) is 77.8 Å². The van der Waals surface area contributed by atoms with Gasteiger partial charge < -0.3 is 44.9 Å². The Balaban J connectivity index is 1.21. The summed E-state index contributed by atoms with van der Waals surface area (Å²) in [6.45, 7) is 5.40. The molecule has 62 heavy (non-hydrogen) atoms. The van der Waals surface area contributed by atoms with Gasteiger partial charge in [0.2, 0.25) is 5.91 Å². The number of carbonyl (C=O) groups excluding carboxylic acids is 4. The lowest BCUT2D eigenvalue weighted by molar-refractivity contribution is -0.150. The Bertz CT molecular complexity index is 2400. The Labute approximate surface area is 361 Å². The molecule has 4 N–H and O–H groups in total. The summed E-state index contributed by atoms with van der Waals surface area (Å²) in [5.41, 5.74) is 1.49. The van der Waals surface area contributed by atoms with Gasteiger partial charge in [-0.1, -0.05) is 49.4 Å². The average molecular weight is 841 g/mol. The van der Waals surface area contributed by atoms with Crippen LogP contribution in [0.4, 0.5) is 17.1 Å². The molecule has 0 aromatic heterocycles. The number of nitrogens with zero attached hydrogens (tertiary/aromatic N) is 2. The van der Waals surface area contributed by atoms with Gasteiger partial charge in [0.15, 0.2) is 5.60 Å². The summed E-state index contributed by atoms with van der Waals surface area (Å²) < 4.78 is 17.4. The third-order valence-corrected chi connectivity index (χ3v) is 11.8. The minimum atomic E-state index is -1.65. The Morgan fingerprint density at radius 3 is 1.90 bits per heavy atom. The molecule has 4 amide bonds. The minimum Gasteiger partial charge on any atom is -0.497 e. The zero-order chi connectivity index (χ0) is 44.2. The van der Waals surface area contributed by atoms with Crippen LogP contribution in [0, 0.1) is 11.8 Å². The lowest BCUT2D eigenvalue weighted by atomic mass is 9.70. The second-order valence-corrected chi connectivity index (χ2v) is 16.3. The van der Waals surface area contributed by atoms with E-state index in [0.29, 0.717) is 45.3 Å². The molecule has 0 bridgehead atoms. The Kier molecular flexibility index (Phi) is 12.8. The van der Waals surface area contributed by atoms with Crippen LogP contribution >= 0.6 is 0 Å². The molecular formula is C49H52N4O9. The first-order valence-electron chi connectivity index (χ1n) is 20.5. The van der Waals surface area contributed by atoms with Gasteiger partial charge in [0.1, 0.15) is 11.5 Å². The van der Waals surface area contributed by atoms with E-state index in [1.165, 1.54) is 0 Å². The second kappa shape index (κ2) is 18.2. The Morgan fingerprint density at radius 2 is 1.35 bits per heavy atom. The summed E-state index contributed by atoms with van der Waals surface area (Å²) in [7, 11) is 3.10. The first-order chi connectivity index (χ1) is 29.7. The van der Waals surface area contributed by atoms with E-state index in [1.807, 2.05) is 49.4 Å². The minimum absolute atomic E-state index is 0.0884. The van der Waals surface area contributed by atoms with Crippen molar-refractivity contribution in [1.29, 1.82) is 0 Å². The molecule has 7 rings (SSSR count). The number of hydrogen-bond acceptors (Lipinski definition) is 9. The standard InChI is InChI=1S/C49H52N4O9/c1-31-44(48(2,3)59)42(28-43(55)52(25-26-54)29-32-9-7-6-8-10-32)62-49(31)40-27-37(51-46(57)35-15-22-39(61-5)23-16-35)19-24-41(40)53(47(49)58)30-33-11-17-36(18-12-33)50-45(56)34-13-20-38(60-4)21-14-34/h6-24,27,31,42,44,54,59H,25-26,28-30H2,1-5H3,(H,50,56)(H,51,57)/t31-,42+,44-,49+/m0/s1. The normalized spacial score (nSPS) is 19.2. The molecule has 5 aromatic rings. The van der Waals surface area contributed by atoms with Crippen LogP contribution in [0.15, 0.2) is 121 Å². The van der Waals surface area contributed by atoms with Crippen LogP contribution < -0.4 is 25.0 Å². The number of methoxy groups -OCH3 is 2.